The molecule has 8 heteroatoms. The number of rotatable bonds is 0. The van der Waals surface area contributed by atoms with E-state index in [9.17, 15) is 10.5 Å². The van der Waals surface area contributed by atoms with E-state index in [1.54, 1.807) is 30.5 Å². The zero-order valence-electron chi connectivity index (χ0n) is 9.84. The Morgan fingerprint density at radius 2 is 1.50 bits per heavy atom. The quantitative estimate of drug-likeness (QED) is 0.269. The maximum atomic E-state index is 9.19. The molecule has 0 spiro atoms. The molecule has 1 heterocycles. The summed E-state index contributed by atoms with van der Waals surface area (Å²) >= 11 is 0. The zero-order valence-corrected chi connectivity index (χ0v) is 11.8. The molecule has 0 saturated heterocycles. The molecule has 0 amide bonds. The SMILES string of the molecule is C[N+]1(C#N)C=CNC(C#N)(C#N)C1(C#N)C#N.[Na+]. The molecule has 0 aromatic rings. The van der Waals surface area contributed by atoms with Crippen LogP contribution in [0.1, 0.15) is 0 Å². The van der Waals surface area contributed by atoms with Gasteiger partial charge < -0.3 is 5.32 Å². The zero-order chi connectivity index (χ0) is 13.2. The predicted molar refractivity (Wildman–Crippen MR) is 52.0 cm³/mol. The average Bonchev–Trinajstić information content (AvgIpc) is 2.38. The van der Waals surface area contributed by atoms with Gasteiger partial charge in [0, 0.05) is 0 Å². The second kappa shape index (κ2) is 5.07. The van der Waals surface area contributed by atoms with E-state index in [0.717, 1.165) is 0 Å². The van der Waals surface area contributed by atoms with Gasteiger partial charge in [0.05, 0.1) is 13.2 Å². The molecule has 1 aliphatic heterocycles. The summed E-state index contributed by atoms with van der Waals surface area (Å²) in [5.74, 6) is 0. The number of likely N-dealkylation sites (N-methyl/N-ethyl adjacent to an activating group) is 1. The van der Waals surface area contributed by atoms with Crippen LogP contribution < -0.4 is 34.9 Å². The van der Waals surface area contributed by atoms with E-state index in [4.69, 9.17) is 15.8 Å². The molecule has 7 nitrogen and oxygen atoms in total. The Kier molecular flexibility index (Phi) is 4.49. The average molecular weight is 247 g/mol. The maximum absolute atomic E-state index is 9.19. The van der Waals surface area contributed by atoms with Crippen LogP contribution in [0.15, 0.2) is 12.4 Å². The van der Waals surface area contributed by atoms with Crippen LogP contribution in [-0.2, 0) is 0 Å². The third kappa shape index (κ3) is 1.54. The predicted octanol–water partition coefficient (Wildman–Crippen LogP) is -3.44. The van der Waals surface area contributed by atoms with Crippen LogP contribution in [-0.4, -0.2) is 22.6 Å². The van der Waals surface area contributed by atoms with E-state index >= 15 is 0 Å². The molecule has 80 valence electrons. The van der Waals surface area contributed by atoms with Crippen molar-refractivity contribution in [3.05, 3.63) is 12.4 Å². The van der Waals surface area contributed by atoms with Crippen molar-refractivity contribution in [2.24, 2.45) is 0 Å². The van der Waals surface area contributed by atoms with Crippen LogP contribution >= 0.6 is 0 Å². The molecule has 0 fully saturated rings. The van der Waals surface area contributed by atoms with Gasteiger partial charge in [-0.1, -0.05) is 0 Å². The number of nitrogens with one attached hydrogen (secondary N) is 1. The van der Waals surface area contributed by atoms with Gasteiger partial charge in [-0.15, -0.1) is 5.26 Å². The molecule has 0 aromatic heterocycles. The van der Waals surface area contributed by atoms with E-state index in [2.05, 4.69) is 5.32 Å². The fourth-order valence-corrected chi connectivity index (χ4v) is 1.64. The summed E-state index contributed by atoms with van der Waals surface area (Å²) < 4.78 is -0.797. The van der Waals surface area contributed by atoms with Crippen molar-refractivity contribution in [2.45, 2.75) is 11.1 Å². The molecule has 0 aliphatic carbocycles. The third-order valence-corrected chi connectivity index (χ3v) is 2.78. The summed E-state index contributed by atoms with van der Waals surface area (Å²) in [5, 5.41) is 48.0. The van der Waals surface area contributed by atoms with E-state index in [1.165, 1.54) is 19.4 Å². The van der Waals surface area contributed by atoms with Gasteiger partial charge in [0.1, 0.15) is 18.3 Å². The van der Waals surface area contributed by atoms with Crippen LogP contribution in [0.3, 0.4) is 0 Å². The van der Waals surface area contributed by atoms with Crippen LogP contribution in [0.5, 0.6) is 0 Å². The summed E-state index contributed by atoms with van der Waals surface area (Å²) in [7, 11) is 1.28. The van der Waals surface area contributed by atoms with Gasteiger partial charge in [-0.25, -0.2) is 0 Å². The molecule has 18 heavy (non-hydrogen) atoms. The van der Waals surface area contributed by atoms with Crippen LogP contribution in [0.4, 0.5) is 0 Å². The number of quaternary nitrogens is 1. The van der Waals surface area contributed by atoms with Gasteiger partial charge in [0.25, 0.3) is 5.54 Å². The summed E-state index contributed by atoms with van der Waals surface area (Å²) in [5.41, 5.74) is -4.24. The fourth-order valence-electron chi connectivity index (χ4n) is 1.64. The molecule has 1 unspecified atom stereocenters. The Bertz CT molecular complexity index is 560. The fraction of sp³-hybridized carbons (Fsp3) is 0.300. The molecular formula is C10H6N7Na+2. The van der Waals surface area contributed by atoms with Crippen molar-refractivity contribution >= 4 is 0 Å². The van der Waals surface area contributed by atoms with Gasteiger partial charge in [0.15, 0.2) is 12.1 Å². The van der Waals surface area contributed by atoms with Gasteiger partial charge in [-0.2, -0.15) is 25.5 Å². The second-order valence-corrected chi connectivity index (χ2v) is 3.54. The number of hydrogen-bond acceptors (Lipinski definition) is 6. The van der Waals surface area contributed by atoms with Crippen LogP contribution in [0.2, 0.25) is 0 Å². The van der Waals surface area contributed by atoms with Crippen molar-refractivity contribution in [2.75, 3.05) is 7.05 Å². The van der Waals surface area contributed by atoms with E-state index in [0.29, 0.717) is 0 Å². The summed E-state index contributed by atoms with van der Waals surface area (Å²) in [6, 6.07) is 6.49. The maximum Gasteiger partial charge on any atom is 1.00 e. The van der Waals surface area contributed by atoms with Crippen molar-refractivity contribution in [1.82, 2.24) is 5.32 Å². The minimum Gasteiger partial charge on any atom is -0.350 e. The number of nitriles is 5. The Hall–Kier alpha value is -2.05. The van der Waals surface area contributed by atoms with Crippen molar-refractivity contribution in [3.63, 3.8) is 0 Å². The minimum absolute atomic E-state index is 0. The molecule has 1 aliphatic rings. The normalized spacial score (nSPS) is 25.6. The third-order valence-electron chi connectivity index (χ3n) is 2.78. The summed E-state index contributed by atoms with van der Waals surface area (Å²) in [6.45, 7) is 0. The van der Waals surface area contributed by atoms with Crippen LogP contribution in [0, 0.1) is 56.8 Å². The topological polar surface area (TPSA) is 131 Å². The van der Waals surface area contributed by atoms with Gasteiger partial charge >= 0.3 is 41.3 Å². The Labute approximate surface area is 126 Å². The second-order valence-electron chi connectivity index (χ2n) is 3.54. The first-order valence-corrected chi connectivity index (χ1v) is 4.39. The summed E-state index contributed by atoms with van der Waals surface area (Å²) in [4.78, 5) is 0. The molecule has 0 bridgehead atoms. The molecule has 0 saturated carbocycles. The Balaban J connectivity index is 0.00000289. The minimum atomic E-state index is -2.15. The van der Waals surface area contributed by atoms with Crippen molar-refractivity contribution in [3.8, 4) is 30.5 Å². The van der Waals surface area contributed by atoms with Crippen molar-refractivity contribution < 1.29 is 34.0 Å². The standard InChI is InChI=1S/C10H6N7.Na/c1-17(8-15)3-2-16-9(4-11,5-12)10(17,6-13)7-14;/h2-3,16H,1H3;/q2*+1. The van der Waals surface area contributed by atoms with Gasteiger partial charge in [0.2, 0.25) is 0 Å². The molecule has 1 N–H and O–H groups in total. The molecule has 1 atom stereocenters. The molecule has 0 aromatic carbocycles. The first-order chi connectivity index (χ1) is 8.01. The Morgan fingerprint density at radius 3 is 1.83 bits per heavy atom. The monoisotopic (exact) mass is 247 g/mol. The summed E-state index contributed by atoms with van der Waals surface area (Å²) in [6.07, 6.45) is 4.23. The smallest absolute Gasteiger partial charge is 0.350 e. The first-order valence-electron chi connectivity index (χ1n) is 4.39. The number of nitrogens with zero attached hydrogens (tertiary/aromatic N) is 6. The number of hydrogen-bond donors (Lipinski definition) is 1. The van der Waals surface area contributed by atoms with E-state index in [-0.39, 0.29) is 29.6 Å². The van der Waals surface area contributed by atoms with Crippen molar-refractivity contribution in [1.29, 1.82) is 26.3 Å². The molecule has 0 radical (unpaired) electrons. The van der Waals surface area contributed by atoms with E-state index < -0.39 is 15.6 Å². The Morgan fingerprint density at radius 1 is 1.00 bits per heavy atom. The molecule has 1 rings (SSSR count). The molecular weight excluding hydrogens is 241 g/mol. The van der Waals surface area contributed by atoms with Crippen LogP contribution in [0.25, 0.3) is 0 Å². The van der Waals surface area contributed by atoms with Gasteiger partial charge in [-0.05, 0) is 0 Å². The largest absolute Gasteiger partial charge is 1.00 e. The van der Waals surface area contributed by atoms with Gasteiger partial charge in [-0.3, -0.25) is 0 Å². The van der Waals surface area contributed by atoms with E-state index in [1.807, 2.05) is 0 Å². The first kappa shape index (κ1) is 16.0.